The summed E-state index contributed by atoms with van der Waals surface area (Å²) >= 11 is 0. The van der Waals surface area contributed by atoms with Gasteiger partial charge in [0.25, 0.3) is 0 Å². The Kier molecular flexibility index (Phi) is 8.12. The molecule has 0 bridgehead atoms. The number of rotatable bonds is 6. The Morgan fingerprint density at radius 1 is 0.488 bits per heavy atom. The Hall–Kier alpha value is -1.80. The van der Waals surface area contributed by atoms with Gasteiger partial charge in [0.2, 0.25) is 23.6 Å². The Morgan fingerprint density at radius 2 is 0.805 bits per heavy atom. The zero-order valence-electron chi connectivity index (χ0n) is 25.5. The van der Waals surface area contributed by atoms with E-state index in [0.29, 0.717) is 24.7 Å². The fourth-order valence-electron chi connectivity index (χ4n) is 9.62. The van der Waals surface area contributed by atoms with Crippen molar-refractivity contribution in [1.82, 2.24) is 9.80 Å². The highest BCUT2D eigenvalue weighted by Crippen LogP contribution is 2.50. The van der Waals surface area contributed by atoms with Crippen molar-refractivity contribution in [2.75, 3.05) is 14.1 Å². The molecule has 0 aromatic heterocycles. The van der Waals surface area contributed by atoms with Gasteiger partial charge >= 0.3 is 0 Å². The molecule has 0 aromatic rings. The topological polar surface area (TPSA) is 93.2 Å². The summed E-state index contributed by atoms with van der Waals surface area (Å²) in [4.78, 5) is 52.3. The molecule has 0 spiro atoms. The van der Waals surface area contributed by atoms with Crippen LogP contribution in [-0.2, 0) is 28.7 Å². The highest BCUT2D eigenvalue weighted by atomic mass is 16.5. The van der Waals surface area contributed by atoms with Gasteiger partial charge < -0.3 is 9.47 Å². The minimum atomic E-state index is -0.174. The van der Waals surface area contributed by atoms with Crippen molar-refractivity contribution < 1.29 is 28.7 Å². The largest absolute Gasteiger partial charge is 0.375 e. The molecule has 8 nitrogen and oxygen atoms in total. The van der Waals surface area contributed by atoms with Crippen molar-refractivity contribution in [2.45, 2.75) is 128 Å². The number of carbonyl (C=O) groups excluding carboxylic acids is 4. The standard InChI is InChI=1S/C33H50N2O6/c1-33(2,19-5-9-21(10-6-19)40-23-13-15-25-27(17-23)31(38)34(3)29(25)36)20-7-11-22(12-8-20)41-24-14-16-26-28(18-24)32(39)35(4)30(26)37/h19-28H,5-18H2,1-4H3. The SMILES string of the molecule is CN1C(=O)C2CCC(OC3CCC(C(C)(C)C4CCC(OC5CCC6C(=O)N(C)C(=O)C6C5)CC4)CC3)CC2C1=O. The van der Waals surface area contributed by atoms with Crippen LogP contribution in [0.1, 0.15) is 104 Å². The van der Waals surface area contributed by atoms with Crippen LogP contribution in [0.4, 0.5) is 0 Å². The third-order valence-corrected chi connectivity index (χ3v) is 12.4. The van der Waals surface area contributed by atoms with Crippen molar-refractivity contribution in [2.24, 2.45) is 40.9 Å². The van der Waals surface area contributed by atoms with Gasteiger partial charge in [-0.3, -0.25) is 29.0 Å². The second kappa shape index (κ2) is 11.4. The highest BCUT2D eigenvalue weighted by molar-refractivity contribution is 6.05. The average molecular weight is 571 g/mol. The predicted octanol–water partition coefficient (Wildman–Crippen LogP) is 4.73. The van der Waals surface area contributed by atoms with Gasteiger partial charge in [0.05, 0.1) is 48.1 Å². The number of nitrogens with zero attached hydrogens (tertiary/aromatic N) is 2. The lowest BCUT2D eigenvalue weighted by Crippen LogP contribution is -2.41. The van der Waals surface area contributed by atoms with Gasteiger partial charge in [-0.25, -0.2) is 0 Å². The van der Waals surface area contributed by atoms with E-state index in [2.05, 4.69) is 13.8 Å². The molecule has 4 aliphatic carbocycles. The number of carbonyl (C=O) groups is 4. The summed E-state index contributed by atoms with van der Waals surface area (Å²) < 4.78 is 13.1. The molecule has 4 amide bonds. The van der Waals surface area contributed by atoms with Crippen LogP contribution in [0.3, 0.4) is 0 Å². The van der Waals surface area contributed by atoms with Crippen LogP contribution in [-0.4, -0.2) is 71.9 Å². The van der Waals surface area contributed by atoms with E-state index in [9.17, 15) is 19.2 Å². The maximum Gasteiger partial charge on any atom is 0.232 e. The van der Waals surface area contributed by atoms with E-state index in [-0.39, 0.29) is 77.1 Å². The molecule has 2 aliphatic heterocycles. The van der Waals surface area contributed by atoms with Gasteiger partial charge in [-0.05, 0) is 107 Å². The van der Waals surface area contributed by atoms with Crippen LogP contribution in [0.2, 0.25) is 0 Å². The lowest BCUT2D eigenvalue weighted by molar-refractivity contribution is -0.139. The summed E-state index contributed by atoms with van der Waals surface area (Å²) in [5.74, 6) is 0.771. The minimum Gasteiger partial charge on any atom is -0.375 e. The molecule has 4 saturated carbocycles. The molecule has 2 heterocycles. The molecule has 2 saturated heterocycles. The molecule has 6 rings (SSSR count). The van der Waals surface area contributed by atoms with E-state index in [1.807, 2.05) is 0 Å². The molecule has 6 unspecified atom stereocenters. The second-order valence-corrected chi connectivity index (χ2v) is 14.8. The third-order valence-electron chi connectivity index (χ3n) is 12.4. The fourth-order valence-corrected chi connectivity index (χ4v) is 9.62. The smallest absolute Gasteiger partial charge is 0.232 e. The Labute approximate surface area is 245 Å². The fraction of sp³-hybridized carbons (Fsp3) is 0.879. The number of fused-ring (bicyclic) bond motifs is 2. The first kappa shape index (κ1) is 29.3. The van der Waals surface area contributed by atoms with Crippen LogP contribution in [0.25, 0.3) is 0 Å². The number of likely N-dealkylation sites (tertiary alicyclic amines) is 2. The van der Waals surface area contributed by atoms with E-state index in [1.165, 1.54) is 35.5 Å². The minimum absolute atomic E-state index is 0.000184. The van der Waals surface area contributed by atoms with Crippen LogP contribution in [0, 0.1) is 40.9 Å². The molecule has 228 valence electrons. The monoisotopic (exact) mass is 570 g/mol. The first-order valence-electron chi connectivity index (χ1n) is 16.5. The molecule has 6 atom stereocenters. The summed E-state index contributed by atoms with van der Waals surface area (Å²) in [6, 6.07) is 0. The molecule has 0 aromatic carbocycles. The maximum atomic E-state index is 12.5. The molecular weight excluding hydrogens is 520 g/mol. The van der Waals surface area contributed by atoms with E-state index >= 15 is 0 Å². The lowest BCUT2D eigenvalue weighted by atomic mass is 9.60. The second-order valence-electron chi connectivity index (χ2n) is 14.8. The van der Waals surface area contributed by atoms with Crippen LogP contribution in [0.5, 0.6) is 0 Å². The van der Waals surface area contributed by atoms with Crippen molar-refractivity contribution in [3.05, 3.63) is 0 Å². The van der Waals surface area contributed by atoms with Gasteiger partial charge in [0.1, 0.15) is 0 Å². The van der Waals surface area contributed by atoms with Crippen molar-refractivity contribution in [3.8, 4) is 0 Å². The van der Waals surface area contributed by atoms with Gasteiger partial charge in [0, 0.05) is 14.1 Å². The van der Waals surface area contributed by atoms with Gasteiger partial charge in [-0.15, -0.1) is 0 Å². The zero-order chi connectivity index (χ0) is 29.1. The van der Waals surface area contributed by atoms with E-state index in [1.54, 1.807) is 14.1 Å². The lowest BCUT2D eigenvalue weighted by Gasteiger charge is -2.47. The molecule has 0 N–H and O–H groups in total. The predicted molar refractivity (Wildman–Crippen MR) is 152 cm³/mol. The third kappa shape index (κ3) is 5.41. The zero-order valence-corrected chi connectivity index (χ0v) is 25.5. The first-order chi connectivity index (χ1) is 19.5. The molecule has 41 heavy (non-hydrogen) atoms. The summed E-state index contributed by atoms with van der Waals surface area (Å²) in [6.45, 7) is 4.96. The Morgan fingerprint density at radius 3 is 1.17 bits per heavy atom. The van der Waals surface area contributed by atoms with E-state index in [4.69, 9.17) is 9.47 Å². The molecule has 6 fully saturated rings. The molecule has 6 aliphatic rings. The Bertz CT molecular complexity index is 962. The number of hydrogen-bond donors (Lipinski definition) is 0. The number of ether oxygens (including phenoxy) is 2. The van der Waals surface area contributed by atoms with Gasteiger partial charge in [-0.1, -0.05) is 13.8 Å². The normalized spacial score (nSPS) is 42.0. The van der Waals surface area contributed by atoms with Crippen molar-refractivity contribution >= 4 is 23.6 Å². The number of amides is 4. The summed E-state index contributed by atoms with van der Waals surface area (Å²) in [5, 5.41) is 0. The molecule has 0 radical (unpaired) electrons. The quantitative estimate of drug-likeness (QED) is 0.429. The molecule has 8 heteroatoms. The first-order valence-corrected chi connectivity index (χ1v) is 16.5. The summed E-state index contributed by atoms with van der Waals surface area (Å²) in [7, 11) is 3.24. The molecular formula is C33H50N2O6. The van der Waals surface area contributed by atoms with Crippen molar-refractivity contribution in [3.63, 3.8) is 0 Å². The van der Waals surface area contributed by atoms with Crippen LogP contribution >= 0.6 is 0 Å². The number of imide groups is 2. The van der Waals surface area contributed by atoms with Crippen LogP contribution in [0.15, 0.2) is 0 Å². The number of hydrogen-bond acceptors (Lipinski definition) is 6. The highest BCUT2D eigenvalue weighted by Gasteiger charge is 2.51. The van der Waals surface area contributed by atoms with E-state index < -0.39 is 0 Å². The maximum absolute atomic E-state index is 12.5. The van der Waals surface area contributed by atoms with E-state index in [0.717, 1.165) is 51.4 Å². The summed E-state index contributed by atoms with van der Waals surface area (Å²) in [5.41, 5.74) is 0.286. The van der Waals surface area contributed by atoms with Crippen LogP contribution < -0.4 is 0 Å². The Balaban J connectivity index is 0.932. The van der Waals surface area contributed by atoms with Crippen molar-refractivity contribution in [1.29, 1.82) is 0 Å². The van der Waals surface area contributed by atoms with Gasteiger partial charge in [-0.2, -0.15) is 0 Å². The van der Waals surface area contributed by atoms with Gasteiger partial charge in [0.15, 0.2) is 0 Å². The summed E-state index contributed by atoms with van der Waals surface area (Å²) in [6.07, 6.45) is 14.6. The average Bonchev–Trinajstić information content (AvgIpc) is 3.32.